The van der Waals surface area contributed by atoms with E-state index in [1.54, 1.807) is 0 Å². The van der Waals surface area contributed by atoms with Gasteiger partial charge in [-0.05, 0) is 25.7 Å². The predicted molar refractivity (Wildman–Crippen MR) is 72.0 cm³/mol. The van der Waals surface area contributed by atoms with Gasteiger partial charge in [0.25, 0.3) is 0 Å². The average molecular weight is 304 g/mol. The normalized spacial score (nSPS) is 25.7. The maximum atomic E-state index is 11.6. The van der Waals surface area contributed by atoms with Crippen LogP contribution in [-0.4, -0.2) is 47.2 Å². The van der Waals surface area contributed by atoms with E-state index in [0.29, 0.717) is 25.9 Å². The Morgan fingerprint density at radius 3 is 1.68 bits per heavy atom. The highest BCUT2D eigenvalue weighted by molar-refractivity contribution is 5.91. The molecular weight excluding hydrogens is 288 g/mol. The number of hydroxylamine groups is 4. The van der Waals surface area contributed by atoms with Crippen LogP contribution < -0.4 is 0 Å². The van der Waals surface area contributed by atoms with E-state index in [-0.39, 0.29) is 0 Å². The first-order chi connectivity index (χ1) is 10.6. The minimum Gasteiger partial charge on any atom is -0.363 e. The molecule has 0 aromatic rings. The van der Waals surface area contributed by atoms with Crippen molar-refractivity contribution < 1.29 is 19.3 Å². The quantitative estimate of drug-likeness (QED) is 0.688. The molecule has 0 saturated carbocycles. The Hall–Kier alpha value is -2.42. The summed E-state index contributed by atoms with van der Waals surface area (Å²) in [5, 5.41) is 20.4. The lowest BCUT2D eigenvalue weighted by Crippen LogP contribution is -2.31. The fourth-order valence-electron chi connectivity index (χ4n) is 2.39. The lowest BCUT2D eigenvalue weighted by Gasteiger charge is -2.17. The smallest absolute Gasteiger partial charge is 0.349 e. The summed E-state index contributed by atoms with van der Waals surface area (Å²) in [6, 6.07) is 3.20. The van der Waals surface area contributed by atoms with E-state index in [9.17, 15) is 9.59 Å². The summed E-state index contributed by atoms with van der Waals surface area (Å²) < 4.78 is 0. The van der Waals surface area contributed by atoms with Crippen LogP contribution in [0.2, 0.25) is 0 Å². The van der Waals surface area contributed by atoms with Gasteiger partial charge >= 0.3 is 11.9 Å². The van der Waals surface area contributed by atoms with Crippen molar-refractivity contribution in [3.05, 3.63) is 12.2 Å². The molecule has 0 N–H and O–H groups in total. The van der Waals surface area contributed by atoms with Crippen LogP contribution in [-0.2, 0) is 19.3 Å². The number of carbonyl (C=O) groups is 2. The van der Waals surface area contributed by atoms with Crippen LogP contribution in [0.5, 0.6) is 0 Å². The predicted octanol–water partition coefficient (Wildman–Crippen LogP) is 0.435. The highest BCUT2D eigenvalue weighted by atomic mass is 16.7. The van der Waals surface area contributed by atoms with Crippen molar-refractivity contribution in [3.8, 4) is 12.1 Å². The third-order valence-corrected chi connectivity index (χ3v) is 3.48. The largest absolute Gasteiger partial charge is 0.363 e. The minimum atomic E-state index is -0.739. The summed E-state index contributed by atoms with van der Waals surface area (Å²) >= 11 is 0. The van der Waals surface area contributed by atoms with Crippen LogP contribution in [0.1, 0.15) is 25.7 Å². The molecule has 2 atom stereocenters. The maximum Gasteiger partial charge on any atom is 0.349 e. The number of hydrogen-bond acceptors (Lipinski definition) is 8. The molecule has 0 amide bonds. The molecule has 116 valence electrons. The third kappa shape index (κ3) is 4.04. The molecule has 0 spiro atoms. The number of hydrogen-bond donors (Lipinski definition) is 0. The fraction of sp³-hybridized carbons (Fsp3) is 0.571. The molecule has 8 nitrogen and oxygen atoms in total. The molecule has 2 aliphatic rings. The SMILES string of the molecule is N#CC1CCCN1OC(=O)/C=C\C(=O)ON1CCCC1C#N. The van der Waals surface area contributed by atoms with E-state index in [4.69, 9.17) is 20.2 Å². The summed E-state index contributed by atoms with van der Waals surface area (Å²) in [5.41, 5.74) is 0. The molecule has 22 heavy (non-hydrogen) atoms. The van der Waals surface area contributed by atoms with E-state index in [1.807, 2.05) is 12.1 Å². The highest BCUT2D eigenvalue weighted by Gasteiger charge is 2.28. The number of nitrogens with zero attached hydrogens (tertiary/aromatic N) is 4. The summed E-state index contributed by atoms with van der Waals surface area (Å²) in [5.74, 6) is -1.48. The van der Waals surface area contributed by atoms with Crippen molar-refractivity contribution in [2.75, 3.05) is 13.1 Å². The Labute approximate surface area is 128 Å². The molecule has 2 rings (SSSR count). The van der Waals surface area contributed by atoms with Crippen LogP contribution in [0.25, 0.3) is 0 Å². The van der Waals surface area contributed by atoms with Crippen LogP contribution in [0.15, 0.2) is 12.2 Å². The fourth-order valence-corrected chi connectivity index (χ4v) is 2.39. The van der Waals surface area contributed by atoms with Crippen LogP contribution in [0.4, 0.5) is 0 Å². The zero-order valence-electron chi connectivity index (χ0n) is 12.0. The van der Waals surface area contributed by atoms with E-state index in [2.05, 4.69) is 0 Å². The van der Waals surface area contributed by atoms with Crippen LogP contribution in [0, 0.1) is 22.7 Å². The zero-order valence-corrected chi connectivity index (χ0v) is 12.0. The first kappa shape index (κ1) is 16.0. The Morgan fingerprint density at radius 1 is 0.909 bits per heavy atom. The van der Waals surface area contributed by atoms with Crippen molar-refractivity contribution >= 4 is 11.9 Å². The number of nitriles is 2. The van der Waals surface area contributed by atoms with Gasteiger partial charge < -0.3 is 9.68 Å². The molecule has 2 saturated heterocycles. The number of carbonyl (C=O) groups excluding carboxylic acids is 2. The van der Waals surface area contributed by atoms with Gasteiger partial charge in [-0.25, -0.2) is 9.59 Å². The minimum absolute atomic E-state index is 0.440. The van der Waals surface area contributed by atoms with Crippen molar-refractivity contribution in [1.29, 1.82) is 10.5 Å². The monoisotopic (exact) mass is 304 g/mol. The van der Waals surface area contributed by atoms with Crippen molar-refractivity contribution in [3.63, 3.8) is 0 Å². The van der Waals surface area contributed by atoms with Gasteiger partial charge in [0.2, 0.25) is 0 Å². The molecule has 2 unspecified atom stereocenters. The molecule has 2 fully saturated rings. The zero-order chi connectivity index (χ0) is 15.9. The van der Waals surface area contributed by atoms with Gasteiger partial charge in [0, 0.05) is 25.2 Å². The third-order valence-electron chi connectivity index (χ3n) is 3.48. The topological polar surface area (TPSA) is 107 Å². The lowest BCUT2D eigenvalue weighted by molar-refractivity contribution is -0.186. The summed E-state index contributed by atoms with van der Waals surface area (Å²) in [4.78, 5) is 33.2. The van der Waals surface area contributed by atoms with E-state index < -0.39 is 24.0 Å². The Bertz CT molecular complexity index is 500. The highest BCUT2D eigenvalue weighted by Crippen LogP contribution is 2.17. The summed E-state index contributed by atoms with van der Waals surface area (Å²) in [7, 11) is 0. The lowest BCUT2D eigenvalue weighted by atomic mass is 10.2. The van der Waals surface area contributed by atoms with Gasteiger partial charge in [-0.2, -0.15) is 10.5 Å². The first-order valence-corrected chi connectivity index (χ1v) is 7.08. The molecule has 0 bridgehead atoms. The van der Waals surface area contributed by atoms with Gasteiger partial charge in [-0.3, -0.25) is 0 Å². The van der Waals surface area contributed by atoms with Crippen LogP contribution >= 0.6 is 0 Å². The summed E-state index contributed by atoms with van der Waals surface area (Å²) in [6.45, 7) is 1.000. The Kier molecular flexibility index (Phi) is 5.48. The van der Waals surface area contributed by atoms with Crippen LogP contribution in [0.3, 0.4) is 0 Å². The van der Waals surface area contributed by atoms with Gasteiger partial charge in [0.05, 0.1) is 12.1 Å². The van der Waals surface area contributed by atoms with Gasteiger partial charge in [-0.1, -0.05) is 0 Å². The van der Waals surface area contributed by atoms with Crippen molar-refractivity contribution in [2.45, 2.75) is 37.8 Å². The standard InChI is InChI=1S/C14H16N4O4/c15-9-11-3-1-7-17(11)21-13(19)5-6-14(20)22-18-8-2-4-12(18)10-16/h5-6,11-12H,1-4,7-8H2/b6-5-. The second kappa shape index (κ2) is 7.55. The molecule has 0 aliphatic carbocycles. The molecule has 0 aromatic carbocycles. The summed E-state index contributed by atoms with van der Waals surface area (Å²) in [6.07, 6.45) is 4.77. The molecular formula is C14H16N4O4. The van der Waals surface area contributed by atoms with Gasteiger partial charge in [-0.15, -0.1) is 10.1 Å². The molecule has 2 aliphatic heterocycles. The second-order valence-electron chi connectivity index (χ2n) is 5.01. The second-order valence-corrected chi connectivity index (χ2v) is 5.01. The Morgan fingerprint density at radius 2 is 1.32 bits per heavy atom. The van der Waals surface area contributed by atoms with E-state index in [0.717, 1.165) is 25.0 Å². The molecule has 2 heterocycles. The number of rotatable bonds is 4. The van der Waals surface area contributed by atoms with Gasteiger partial charge in [0.15, 0.2) is 0 Å². The average Bonchev–Trinajstić information content (AvgIpc) is 3.13. The van der Waals surface area contributed by atoms with E-state index >= 15 is 0 Å². The Balaban J connectivity index is 1.78. The van der Waals surface area contributed by atoms with E-state index in [1.165, 1.54) is 10.1 Å². The molecule has 0 radical (unpaired) electrons. The van der Waals surface area contributed by atoms with Gasteiger partial charge in [0.1, 0.15) is 12.1 Å². The van der Waals surface area contributed by atoms with Crippen molar-refractivity contribution in [1.82, 2.24) is 10.1 Å². The molecule has 0 aromatic heterocycles. The van der Waals surface area contributed by atoms with Crippen molar-refractivity contribution in [2.24, 2.45) is 0 Å². The first-order valence-electron chi connectivity index (χ1n) is 7.08. The molecule has 8 heteroatoms. The maximum absolute atomic E-state index is 11.6.